The normalized spacial score (nSPS) is 22.5. The first-order chi connectivity index (χ1) is 16.9. The number of hydrogen-bond acceptors (Lipinski definition) is 6. The number of ether oxygens (including phenoxy) is 2. The number of pyridine rings is 1. The summed E-state index contributed by atoms with van der Waals surface area (Å²) in [5, 5.41) is 2.84. The van der Waals surface area contributed by atoms with Crippen LogP contribution in [0, 0.1) is 26.7 Å². The molecule has 1 unspecified atom stereocenters. The monoisotopic (exact) mass is 531 g/mol. The highest BCUT2D eigenvalue weighted by atomic mass is 35.5. The molecule has 1 aromatic heterocycles. The molecule has 1 aliphatic carbocycles. The number of hydrogen-bond donors (Lipinski definition) is 2. The van der Waals surface area contributed by atoms with Crippen LogP contribution in [0.4, 0.5) is 0 Å². The van der Waals surface area contributed by atoms with Crippen LogP contribution in [0.25, 0.3) is 0 Å². The zero-order valence-corrected chi connectivity index (χ0v) is 23.6. The van der Waals surface area contributed by atoms with Crippen molar-refractivity contribution in [2.24, 2.45) is 5.92 Å². The molecule has 1 amide bonds. The summed E-state index contributed by atoms with van der Waals surface area (Å²) in [6, 6.07) is 3.99. The number of benzene rings is 1. The second kappa shape index (κ2) is 10.9. The molecule has 1 fully saturated rings. The average molecular weight is 532 g/mol. The minimum Gasteiger partial charge on any atom is -0.448 e. The van der Waals surface area contributed by atoms with E-state index in [0.29, 0.717) is 39.8 Å². The van der Waals surface area contributed by atoms with Crippen LogP contribution in [0.2, 0.25) is 0 Å². The van der Waals surface area contributed by atoms with Crippen molar-refractivity contribution in [3.63, 3.8) is 0 Å². The van der Waals surface area contributed by atoms with Crippen molar-refractivity contribution >= 4 is 24.1 Å². The number of Topliss-reactive ketones (excluding diaryl/α,β-unsaturated/α-hetero) is 1. The molecule has 2 N–H and O–H groups in total. The smallest absolute Gasteiger partial charge is 0.253 e. The van der Waals surface area contributed by atoms with Gasteiger partial charge in [0.2, 0.25) is 0 Å². The Balaban J connectivity index is 0.00000380. The van der Waals surface area contributed by atoms with Gasteiger partial charge in [-0.3, -0.25) is 14.4 Å². The van der Waals surface area contributed by atoms with E-state index in [9.17, 15) is 14.4 Å². The highest BCUT2D eigenvalue weighted by Gasteiger charge is 2.48. The van der Waals surface area contributed by atoms with Crippen LogP contribution in [0.15, 0.2) is 16.9 Å². The van der Waals surface area contributed by atoms with Crippen LogP contribution in [0.3, 0.4) is 0 Å². The standard InChI is InChI=1S/C28H37N3O5.ClH/c1-15-12-16(2)30-27(34)23(15)14-29-26(33)21-13-22(18(4)32)25-24(17(21)3)35-28(5,36-25)19-8-10-20(11-9-19)31(6)7;/h12-13,19-20H,8-11,14H2,1-7H3,(H,29,33)(H,30,34);1H. The van der Waals surface area contributed by atoms with E-state index in [2.05, 4.69) is 29.3 Å². The number of aromatic amines is 1. The fourth-order valence-corrected chi connectivity index (χ4v) is 5.53. The van der Waals surface area contributed by atoms with Gasteiger partial charge in [0, 0.05) is 47.8 Å². The summed E-state index contributed by atoms with van der Waals surface area (Å²) in [5.74, 6) is -0.422. The number of nitrogens with zero attached hydrogens (tertiary/aromatic N) is 1. The molecule has 2 heterocycles. The van der Waals surface area contributed by atoms with Crippen molar-refractivity contribution < 1.29 is 19.1 Å². The van der Waals surface area contributed by atoms with E-state index >= 15 is 0 Å². The Morgan fingerprint density at radius 3 is 2.24 bits per heavy atom. The number of rotatable bonds is 6. The lowest BCUT2D eigenvalue weighted by Gasteiger charge is -2.39. The average Bonchev–Trinajstić information content (AvgIpc) is 3.17. The van der Waals surface area contributed by atoms with Gasteiger partial charge in [-0.15, -0.1) is 12.4 Å². The summed E-state index contributed by atoms with van der Waals surface area (Å²) in [6.07, 6.45) is 4.03. The Morgan fingerprint density at radius 1 is 1.05 bits per heavy atom. The number of aryl methyl sites for hydroxylation is 2. The van der Waals surface area contributed by atoms with Crippen molar-refractivity contribution in [2.45, 2.75) is 78.7 Å². The summed E-state index contributed by atoms with van der Waals surface area (Å²) in [4.78, 5) is 43.2. The minimum atomic E-state index is -0.893. The fraction of sp³-hybridized carbons (Fsp3) is 0.536. The van der Waals surface area contributed by atoms with Gasteiger partial charge in [-0.1, -0.05) is 0 Å². The van der Waals surface area contributed by atoms with E-state index in [1.54, 1.807) is 13.0 Å². The zero-order chi connectivity index (χ0) is 26.4. The molecule has 1 saturated carbocycles. The quantitative estimate of drug-likeness (QED) is 0.534. The molecule has 1 aromatic carbocycles. The van der Waals surface area contributed by atoms with Gasteiger partial charge in [0.25, 0.3) is 17.3 Å². The number of aromatic nitrogens is 1. The maximum absolute atomic E-state index is 13.2. The molecular weight excluding hydrogens is 494 g/mol. The lowest BCUT2D eigenvalue weighted by atomic mass is 9.81. The molecular formula is C28H38ClN3O5. The van der Waals surface area contributed by atoms with Crippen LogP contribution in [-0.2, 0) is 6.54 Å². The van der Waals surface area contributed by atoms with Crippen molar-refractivity contribution in [2.75, 3.05) is 14.1 Å². The van der Waals surface area contributed by atoms with Crippen molar-refractivity contribution in [3.8, 4) is 11.5 Å². The topological polar surface area (TPSA) is 101 Å². The van der Waals surface area contributed by atoms with E-state index in [1.165, 1.54) is 6.92 Å². The molecule has 4 rings (SSSR count). The van der Waals surface area contributed by atoms with Crippen LogP contribution in [-0.4, -0.2) is 47.5 Å². The molecule has 0 bridgehead atoms. The summed E-state index contributed by atoms with van der Waals surface area (Å²) in [7, 11) is 4.22. The molecule has 0 saturated heterocycles. The van der Waals surface area contributed by atoms with Crippen LogP contribution < -0.4 is 20.3 Å². The van der Waals surface area contributed by atoms with Gasteiger partial charge in [0.15, 0.2) is 17.3 Å². The number of carbonyl (C=O) groups is 2. The molecule has 8 nitrogen and oxygen atoms in total. The number of halogens is 1. The number of ketones is 1. The summed E-state index contributed by atoms with van der Waals surface area (Å²) >= 11 is 0. The fourth-order valence-electron chi connectivity index (χ4n) is 5.53. The SMILES string of the molecule is CC(=O)c1cc(C(=O)NCc2c(C)cc(C)[nH]c2=O)c(C)c2c1OC(C)(C1CCC(N(C)C)CC1)O2.Cl. The van der Waals surface area contributed by atoms with Crippen molar-refractivity contribution in [3.05, 3.63) is 56.0 Å². The van der Waals surface area contributed by atoms with Gasteiger partial charge in [0.1, 0.15) is 0 Å². The van der Waals surface area contributed by atoms with Gasteiger partial charge in [-0.05, 0) is 85.2 Å². The zero-order valence-electron chi connectivity index (χ0n) is 22.7. The van der Waals surface area contributed by atoms with Gasteiger partial charge >= 0.3 is 0 Å². The predicted octanol–water partition coefficient (Wildman–Crippen LogP) is 4.46. The number of nitrogens with one attached hydrogen (secondary N) is 2. The highest BCUT2D eigenvalue weighted by molar-refractivity contribution is 6.04. The second-order valence-corrected chi connectivity index (χ2v) is 10.6. The Morgan fingerprint density at radius 2 is 1.68 bits per heavy atom. The summed E-state index contributed by atoms with van der Waals surface area (Å²) < 4.78 is 12.8. The van der Waals surface area contributed by atoms with Crippen molar-refractivity contribution in [1.29, 1.82) is 0 Å². The third kappa shape index (κ3) is 5.55. The molecule has 202 valence electrons. The highest BCUT2D eigenvalue weighted by Crippen LogP contribution is 2.50. The first kappa shape index (κ1) is 28.7. The van der Waals surface area contributed by atoms with Gasteiger partial charge in [0.05, 0.1) is 5.56 Å². The summed E-state index contributed by atoms with van der Waals surface area (Å²) in [5.41, 5.74) is 3.14. The first-order valence-corrected chi connectivity index (χ1v) is 12.6. The third-order valence-corrected chi connectivity index (χ3v) is 7.81. The molecule has 2 aromatic rings. The first-order valence-electron chi connectivity index (χ1n) is 12.6. The van der Waals surface area contributed by atoms with E-state index in [0.717, 1.165) is 36.9 Å². The number of amides is 1. The lowest BCUT2D eigenvalue weighted by Crippen LogP contribution is -2.46. The minimum absolute atomic E-state index is 0. The van der Waals surface area contributed by atoms with Crippen LogP contribution in [0.1, 0.15) is 82.6 Å². The Bertz CT molecular complexity index is 1260. The van der Waals surface area contributed by atoms with Crippen LogP contribution in [0.5, 0.6) is 11.5 Å². The largest absolute Gasteiger partial charge is 0.448 e. The Hall–Kier alpha value is -2.84. The Labute approximate surface area is 224 Å². The third-order valence-electron chi connectivity index (χ3n) is 7.81. The molecule has 37 heavy (non-hydrogen) atoms. The van der Waals surface area contributed by atoms with E-state index in [4.69, 9.17) is 9.47 Å². The molecule has 9 heteroatoms. The predicted molar refractivity (Wildman–Crippen MR) is 145 cm³/mol. The number of carbonyl (C=O) groups excluding carboxylic acids is 2. The van der Waals surface area contributed by atoms with Gasteiger partial charge < -0.3 is 24.7 Å². The molecule has 0 radical (unpaired) electrons. The van der Waals surface area contributed by atoms with Gasteiger partial charge in [-0.25, -0.2) is 0 Å². The van der Waals surface area contributed by atoms with E-state index in [-0.39, 0.29) is 42.1 Å². The Kier molecular flexibility index (Phi) is 8.44. The van der Waals surface area contributed by atoms with E-state index < -0.39 is 5.79 Å². The van der Waals surface area contributed by atoms with E-state index in [1.807, 2.05) is 26.8 Å². The summed E-state index contributed by atoms with van der Waals surface area (Å²) in [6.45, 7) is 8.94. The van der Waals surface area contributed by atoms with Crippen molar-refractivity contribution in [1.82, 2.24) is 15.2 Å². The number of fused-ring (bicyclic) bond motifs is 1. The number of H-pyrrole nitrogens is 1. The maximum atomic E-state index is 13.2. The molecule has 0 spiro atoms. The van der Waals surface area contributed by atoms with Crippen LogP contribution >= 0.6 is 12.4 Å². The molecule has 1 atom stereocenters. The lowest BCUT2D eigenvalue weighted by molar-refractivity contribution is -0.123. The van der Waals surface area contributed by atoms with Gasteiger partial charge in [-0.2, -0.15) is 0 Å². The maximum Gasteiger partial charge on any atom is 0.253 e. The molecule has 1 aliphatic heterocycles. The second-order valence-electron chi connectivity index (χ2n) is 10.6. The molecule has 2 aliphatic rings.